The summed E-state index contributed by atoms with van der Waals surface area (Å²) in [4.78, 5) is 26.6. The summed E-state index contributed by atoms with van der Waals surface area (Å²) in [5.41, 5.74) is -0.105. The number of aromatic nitrogens is 1. The molecule has 0 saturated heterocycles. The van der Waals surface area contributed by atoms with Crippen LogP contribution in [0.15, 0.2) is 47.3 Å². The molecule has 5 nitrogen and oxygen atoms in total. The highest BCUT2D eigenvalue weighted by molar-refractivity contribution is 5.89. The quantitative estimate of drug-likeness (QED) is 0.855. The average Bonchev–Trinajstić information content (AvgIpc) is 2.51. The van der Waals surface area contributed by atoms with Gasteiger partial charge in [0.2, 0.25) is 11.5 Å². The fraction of sp³-hybridized carbons (Fsp3) is 0.333. The number of pyridine rings is 1. The van der Waals surface area contributed by atoms with Gasteiger partial charge in [-0.2, -0.15) is 0 Å². The monoisotopic (exact) mass is 366 g/mol. The third-order valence-electron chi connectivity index (χ3n) is 4.53. The zero-order valence-corrected chi connectivity index (χ0v) is 13.7. The van der Waals surface area contributed by atoms with Crippen LogP contribution < -0.4 is 15.6 Å². The Kier molecular flexibility index (Phi) is 4.76. The van der Waals surface area contributed by atoms with Crippen molar-refractivity contribution in [1.29, 1.82) is 0 Å². The molecule has 1 aliphatic carbocycles. The Bertz CT molecular complexity index is 857. The molecule has 0 atom stereocenters. The molecule has 138 valence electrons. The molecule has 1 amide bonds. The Labute approximate surface area is 147 Å². The minimum atomic E-state index is -4.78. The van der Waals surface area contributed by atoms with Crippen LogP contribution >= 0.6 is 0 Å². The molecule has 0 bridgehead atoms. The summed E-state index contributed by atoms with van der Waals surface area (Å²) in [6.07, 6.45) is -2.90. The first kappa shape index (κ1) is 18.0. The van der Waals surface area contributed by atoms with Gasteiger partial charge in [0.05, 0.1) is 12.0 Å². The van der Waals surface area contributed by atoms with E-state index in [0.717, 1.165) is 6.42 Å². The van der Waals surface area contributed by atoms with E-state index in [-0.39, 0.29) is 23.8 Å². The van der Waals surface area contributed by atoms with Gasteiger partial charge in [0.25, 0.3) is 0 Å². The number of carbonyl (C=O) groups excluding carboxylic acids is 1. The molecule has 1 saturated carbocycles. The van der Waals surface area contributed by atoms with E-state index < -0.39 is 11.8 Å². The number of nitrogens with one attached hydrogen (secondary N) is 2. The van der Waals surface area contributed by atoms with Crippen LogP contribution in [-0.4, -0.2) is 17.3 Å². The van der Waals surface area contributed by atoms with E-state index in [1.54, 1.807) is 18.2 Å². The largest absolute Gasteiger partial charge is 0.573 e. The minimum absolute atomic E-state index is 0.134. The number of ether oxygens (including phenoxy) is 1. The third-order valence-corrected chi connectivity index (χ3v) is 4.53. The number of carbonyl (C=O) groups is 1. The van der Waals surface area contributed by atoms with Gasteiger partial charge in [-0.05, 0) is 36.6 Å². The van der Waals surface area contributed by atoms with Crippen LogP contribution in [0.25, 0.3) is 0 Å². The van der Waals surface area contributed by atoms with E-state index in [0.29, 0.717) is 24.1 Å². The lowest BCUT2D eigenvalue weighted by atomic mass is 9.63. The molecule has 0 spiro atoms. The average molecular weight is 366 g/mol. The van der Waals surface area contributed by atoms with Gasteiger partial charge in [0.15, 0.2) is 0 Å². The molecule has 2 aromatic rings. The highest BCUT2D eigenvalue weighted by Gasteiger charge is 2.45. The number of hydrogen-bond acceptors (Lipinski definition) is 3. The van der Waals surface area contributed by atoms with Crippen LogP contribution in [0.2, 0.25) is 0 Å². The summed E-state index contributed by atoms with van der Waals surface area (Å²) >= 11 is 0. The van der Waals surface area contributed by atoms with Gasteiger partial charge in [0.1, 0.15) is 5.75 Å². The summed E-state index contributed by atoms with van der Waals surface area (Å²) in [6, 6.07) is 10.2. The summed E-state index contributed by atoms with van der Waals surface area (Å²) in [5.74, 6) is -0.626. The molecule has 1 aliphatic rings. The van der Waals surface area contributed by atoms with Crippen molar-refractivity contribution in [3.8, 4) is 5.75 Å². The van der Waals surface area contributed by atoms with Crippen LogP contribution in [0, 0.1) is 0 Å². The highest BCUT2D eigenvalue weighted by Crippen LogP contribution is 2.45. The van der Waals surface area contributed by atoms with Crippen molar-refractivity contribution in [3.63, 3.8) is 0 Å². The van der Waals surface area contributed by atoms with Crippen LogP contribution in [0.4, 0.5) is 13.2 Å². The number of rotatable bonds is 5. The van der Waals surface area contributed by atoms with E-state index in [2.05, 4.69) is 15.0 Å². The van der Waals surface area contributed by atoms with E-state index in [1.165, 1.54) is 24.3 Å². The van der Waals surface area contributed by atoms with Crippen molar-refractivity contribution in [2.24, 2.45) is 0 Å². The fourth-order valence-electron chi connectivity index (χ4n) is 3.11. The molecule has 1 fully saturated rings. The van der Waals surface area contributed by atoms with Gasteiger partial charge >= 0.3 is 6.36 Å². The first-order valence-corrected chi connectivity index (χ1v) is 8.11. The SMILES string of the molecule is O=C(NCc1cccc(=O)[nH]1)C1(c2cccc(OC(F)(F)F)c2)CCC1. The molecule has 3 rings (SSSR count). The lowest BCUT2D eigenvalue weighted by Gasteiger charge is -2.40. The topological polar surface area (TPSA) is 71.2 Å². The van der Waals surface area contributed by atoms with Crippen LogP contribution in [0.3, 0.4) is 0 Å². The van der Waals surface area contributed by atoms with Gasteiger partial charge < -0.3 is 15.0 Å². The number of hydrogen-bond donors (Lipinski definition) is 2. The van der Waals surface area contributed by atoms with Gasteiger partial charge in [0, 0.05) is 11.8 Å². The lowest BCUT2D eigenvalue weighted by Crippen LogP contribution is -2.49. The second-order valence-electron chi connectivity index (χ2n) is 6.23. The summed E-state index contributed by atoms with van der Waals surface area (Å²) < 4.78 is 41.3. The molecule has 1 aromatic heterocycles. The predicted molar refractivity (Wildman–Crippen MR) is 87.6 cm³/mol. The summed E-state index contributed by atoms with van der Waals surface area (Å²) in [6.45, 7) is 0.134. The number of alkyl halides is 3. The Hall–Kier alpha value is -2.77. The Morgan fingerprint density at radius 1 is 1.19 bits per heavy atom. The van der Waals surface area contributed by atoms with Crippen LogP contribution in [-0.2, 0) is 16.8 Å². The first-order chi connectivity index (χ1) is 12.3. The summed E-state index contributed by atoms with van der Waals surface area (Å²) in [7, 11) is 0. The zero-order chi connectivity index (χ0) is 18.8. The van der Waals surface area contributed by atoms with Crippen molar-refractivity contribution in [2.45, 2.75) is 37.6 Å². The smallest absolute Gasteiger partial charge is 0.406 e. The normalized spacial score (nSPS) is 15.8. The van der Waals surface area contributed by atoms with Gasteiger partial charge in [-0.15, -0.1) is 13.2 Å². The van der Waals surface area contributed by atoms with Crippen molar-refractivity contribution < 1.29 is 22.7 Å². The van der Waals surface area contributed by atoms with E-state index in [4.69, 9.17) is 0 Å². The maximum Gasteiger partial charge on any atom is 0.573 e. The standard InChI is InChI=1S/C18H17F3N2O3/c19-18(20,21)26-14-6-1-4-12(10-14)17(8-3-9-17)16(25)22-11-13-5-2-7-15(24)23-13/h1-2,4-7,10H,3,8-9,11H2,(H,22,25)(H,23,24). The van der Waals surface area contributed by atoms with Gasteiger partial charge in [-0.1, -0.05) is 24.6 Å². The van der Waals surface area contributed by atoms with E-state index in [1.807, 2.05) is 0 Å². The van der Waals surface area contributed by atoms with E-state index in [9.17, 15) is 22.8 Å². The maximum atomic E-state index is 12.7. The second-order valence-corrected chi connectivity index (χ2v) is 6.23. The predicted octanol–water partition coefficient (Wildman–Crippen LogP) is 3.01. The number of amides is 1. The Morgan fingerprint density at radius 2 is 1.92 bits per heavy atom. The second kappa shape index (κ2) is 6.86. The van der Waals surface area contributed by atoms with Gasteiger partial charge in [-0.25, -0.2) is 0 Å². The molecular weight excluding hydrogens is 349 g/mol. The minimum Gasteiger partial charge on any atom is -0.406 e. The molecule has 0 unspecified atom stereocenters. The van der Waals surface area contributed by atoms with E-state index >= 15 is 0 Å². The van der Waals surface area contributed by atoms with Crippen molar-refractivity contribution in [3.05, 3.63) is 64.1 Å². The third kappa shape index (κ3) is 3.89. The van der Waals surface area contributed by atoms with Gasteiger partial charge in [-0.3, -0.25) is 9.59 Å². The molecule has 26 heavy (non-hydrogen) atoms. The fourth-order valence-corrected chi connectivity index (χ4v) is 3.11. The molecule has 1 aromatic carbocycles. The maximum absolute atomic E-state index is 12.7. The molecule has 0 radical (unpaired) electrons. The van der Waals surface area contributed by atoms with Crippen molar-refractivity contribution in [1.82, 2.24) is 10.3 Å². The Balaban J connectivity index is 1.77. The Morgan fingerprint density at radius 3 is 2.54 bits per heavy atom. The molecule has 2 N–H and O–H groups in total. The molecular formula is C18H17F3N2O3. The lowest BCUT2D eigenvalue weighted by molar-refractivity contribution is -0.274. The van der Waals surface area contributed by atoms with Crippen molar-refractivity contribution >= 4 is 5.91 Å². The highest BCUT2D eigenvalue weighted by atomic mass is 19.4. The number of H-pyrrole nitrogens is 1. The van der Waals surface area contributed by atoms with Crippen LogP contribution in [0.1, 0.15) is 30.5 Å². The number of aromatic amines is 1. The molecule has 0 aliphatic heterocycles. The molecule has 8 heteroatoms. The first-order valence-electron chi connectivity index (χ1n) is 8.11. The summed E-state index contributed by atoms with van der Waals surface area (Å²) in [5, 5.41) is 2.76. The number of halogens is 3. The zero-order valence-electron chi connectivity index (χ0n) is 13.7. The molecule has 1 heterocycles. The van der Waals surface area contributed by atoms with Crippen molar-refractivity contribution in [2.75, 3.05) is 0 Å². The van der Waals surface area contributed by atoms with Crippen LogP contribution in [0.5, 0.6) is 5.75 Å². The number of benzene rings is 1.